The topological polar surface area (TPSA) is 12.9 Å². The van der Waals surface area contributed by atoms with E-state index in [-0.39, 0.29) is 0 Å². The molecule has 0 radical (unpaired) electrons. The summed E-state index contributed by atoms with van der Waals surface area (Å²) in [6.45, 7) is 4.27. The summed E-state index contributed by atoms with van der Waals surface area (Å²) in [5.74, 6) is 0. The van der Waals surface area contributed by atoms with E-state index in [1.165, 1.54) is 53.5 Å². The molecule has 92 valence electrons. The zero-order valence-electron chi connectivity index (χ0n) is 11.2. The van der Waals surface area contributed by atoms with Crippen LogP contribution in [0.4, 0.5) is 0 Å². The van der Waals surface area contributed by atoms with Gasteiger partial charge in [0.2, 0.25) is 0 Å². The molecule has 0 aliphatic heterocycles. The van der Waals surface area contributed by atoms with E-state index in [4.69, 9.17) is 4.98 Å². The van der Waals surface area contributed by atoms with E-state index >= 15 is 0 Å². The number of fused-ring (bicyclic) bond motifs is 1. The van der Waals surface area contributed by atoms with E-state index in [0.717, 1.165) is 5.52 Å². The van der Waals surface area contributed by atoms with Crippen LogP contribution >= 0.6 is 0 Å². The van der Waals surface area contributed by atoms with Crippen LogP contribution in [0, 0.1) is 13.8 Å². The Morgan fingerprint density at radius 2 is 1.94 bits per heavy atom. The van der Waals surface area contributed by atoms with E-state index in [1.54, 1.807) is 0 Å². The van der Waals surface area contributed by atoms with Crippen molar-refractivity contribution in [2.45, 2.75) is 39.5 Å². The standard InChI is InChI=1S/C17H19N/c1-12-8-9-17-15(10-12)11-16(13(2)18-17)14-6-4-3-5-7-14/h6,8-11H,3-5,7H2,1-2H3. The lowest BCUT2D eigenvalue weighted by atomic mass is 9.92. The molecular formula is C17H19N. The van der Waals surface area contributed by atoms with Gasteiger partial charge in [0.25, 0.3) is 0 Å². The van der Waals surface area contributed by atoms with E-state index in [1.807, 2.05) is 0 Å². The second-order valence-electron chi connectivity index (χ2n) is 5.29. The summed E-state index contributed by atoms with van der Waals surface area (Å²) in [6, 6.07) is 8.81. The van der Waals surface area contributed by atoms with Crippen LogP contribution in [0.25, 0.3) is 16.5 Å². The van der Waals surface area contributed by atoms with Crippen LogP contribution in [0.2, 0.25) is 0 Å². The van der Waals surface area contributed by atoms with Crippen LogP contribution < -0.4 is 0 Å². The van der Waals surface area contributed by atoms with Gasteiger partial charge in [0.1, 0.15) is 0 Å². The summed E-state index contributed by atoms with van der Waals surface area (Å²) >= 11 is 0. The highest BCUT2D eigenvalue weighted by atomic mass is 14.7. The average Bonchev–Trinajstić information content (AvgIpc) is 2.39. The molecule has 1 heteroatoms. The molecule has 2 aromatic rings. The second kappa shape index (κ2) is 4.56. The predicted molar refractivity (Wildman–Crippen MR) is 77.7 cm³/mol. The quantitative estimate of drug-likeness (QED) is 0.693. The smallest absolute Gasteiger partial charge is 0.0705 e. The van der Waals surface area contributed by atoms with Crippen molar-refractivity contribution in [1.82, 2.24) is 4.98 Å². The van der Waals surface area contributed by atoms with Crippen molar-refractivity contribution < 1.29 is 0 Å². The van der Waals surface area contributed by atoms with Crippen LogP contribution in [0.15, 0.2) is 30.3 Å². The van der Waals surface area contributed by atoms with Gasteiger partial charge in [0.15, 0.2) is 0 Å². The maximum absolute atomic E-state index is 4.75. The Labute approximate surface area is 109 Å². The highest BCUT2D eigenvalue weighted by Gasteiger charge is 2.10. The molecule has 3 rings (SSSR count). The third-order valence-corrected chi connectivity index (χ3v) is 3.80. The molecule has 0 saturated carbocycles. The minimum atomic E-state index is 1.11. The van der Waals surface area contributed by atoms with Crippen molar-refractivity contribution in [3.05, 3.63) is 47.2 Å². The molecule has 1 aliphatic carbocycles. The number of hydrogen-bond acceptors (Lipinski definition) is 1. The molecule has 1 aromatic carbocycles. The SMILES string of the molecule is Cc1ccc2nc(C)c(C3=CCCCC3)cc2c1. The molecule has 0 amide bonds. The van der Waals surface area contributed by atoms with E-state index in [9.17, 15) is 0 Å². The first-order chi connectivity index (χ1) is 8.74. The number of benzene rings is 1. The highest BCUT2D eigenvalue weighted by molar-refractivity contribution is 5.84. The number of rotatable bonds is 1. The fourth-order valence-electron chi connectivity index (χ4n) is 2.80. The van der Waals surface area contributed by atoms with E-state index in [2.05, 4.69) is 44.2 Å². The van der Waals surface area contributed by atoms with Gasteiger partial charge in [-0.2, -0.15) is 0 Å². The summed E-state index contributed by atoms with van der Waals surface area (Å²) in [7, 11) is 0. The summed E-state index contributed by atoms with van der Waals surface area (Å²) in [5.41, 5.74) is 6.43. The number of aromatic nitrogens is 1. The molecule has 1 aromatic heterocycles. The fraction of sp³-hybridized carbons (Fsp3) is 0.353. The van der Waals surface area contributed by atoms with Gasteiger partial charge in [-0.05, 0) is 68.9 Å². The van der Waals surface area contributed by atoms with Gasteiger partial charge in [-0.1, -0.05) is 17.7 Å². The molecule has 1 aliphatic rings. The van der Waals surface area contributed by atoms with Gasteiger partial charge in [0, 0.05) is 11.1 Å². The molecule has 0 atom stereocenters. The summed E-state index contributed by atoms with van der Waals surface area (Å²) in [5, 5.41) is 1.27. The lowest BCUT2D eigenvalue weighted by Crippen LogP contribution is -1.97. The normalized spacial score (nSPS) is 15.8. The Bertz CT molecular complexity index is 623. The third kappa shape index (κ3) is 2.05. The first-order valence-electron chi connectivity index (χ1n) is 6.81. The third-order valence-electron chi connectivity index (χ3n) is 3.80. The second-order valence-corrected chi connectivity index (χ2v) is 5.29. The molecule has 1 nitrogen and oxygen atoms in total. The Kier molecular flexibility index (Phi) is 2.91. The van der Waals surface area contributed by atoms with Gasteiger partial charge in [0.05, 0.1) is 5.52 Å². The average molecular weight is 237 g/mol. The van der Waals surface area contributed by atoms with Crippen molar-refractivity contribution in [1.29, 1.82) is 0 Å². The Hall–Kier alpha value is -1.63. The molecule has 0 bridgehead atoms. The maximum atomic E-state index is 4.75. The number of allylic oxidation sites excluding steroid dienone is 2. The van der Waals surface area contributed by atoms with Crippen molar-refractivity contribution in [2.75, 3.05) is 0 Å². The molecular weight excluding hydrogens is 218 g/mol. The molecule has 0 unspecified atom stereocenters. The summed E-state index contributed by atoms with van der Waals surface area (Å²) in [6.07, 6.45) is 7.48. The first kappa shape index (κ1) is 11.5. The highest BCUT2D eigenvalue weighted by Crippen LogP contribution is 2.30. The maximum Gasteiger partial charge on any atom is 0.0705 e. The van der Waals surface area contributed by atoms with Crippen molar-refractivity contribution >= 4 is 16.5 Å². The molecule has 0 fully saturated rings. The van der Waals surface area contributed by atoms with Gasteiger partial charge in [-0.25, -0.2) is 0 Å². The number of hydrogen-bond donors (Lipinski definition) is 0. The van der Waals surface area contributed by atoms with Crippen LogP contribution in [-0.2, 0) is 0 Å². The number of pyridine rings is 1. The Morgan fingerprint density at radius 3 is 2.72 bits per heavy atom. The molecule has 0 saturated heterocycles. The summed E-state index contributed by atoms with van der Waals surface area (Å²) in [4.78, 5) is 4.75. The fourth-order valence-corrected chi connectivity index (χ4v) is 2.80. The Morgan fingerprint density at radius 1 is 1.06 bits per heavy atom. The van der Waals surface area contributed by atoms with Crippen molar-refractivity contribution in [2.24, 2.45) is 0 Å². The zero-order chi connectivity index (χ0) is 12.5. The van der Waals surface area contributed by atoms with Crippen LogP contribution in [0.1, 0.15) is 42.5 Å². The number of aryl methyl sites for hydroxylation is 2. The Balaban J connectivity index is 2.16. The van der Waals surface area contributed by atoms with Gasteiger partial charge >= 0.3 is 0 Å². The summed E-state index contributed by atoms with van der Waals surface area (Å²) < 4.78 is 0. The minimum absolute atomic E-state index is 1.11. The monoisotopic (exact) mass is 237 g/mol. The van der Waals surface area contributed by atoms with E-state index < -0.39 is 0 Å². The van der Waals surface area contributed by atoms with Crippen molar-refractivity contribution in [3.8, 4) is 0 Å². The minimum Gasteiger partial charge on any atom is -0.253 e. The van der Waals surface area contributed by atoms with Crippen molar-refractivity contribution in [3.63, 3.8) is 0 Å². The lowest BCUT2D eigenvalue weighted by Gasteiger charge is -2.15. The largest absolute Gasteiger partial charge is 0.253 e. The molecule has 0 spiro atoms. The van der Waals surface area contributed by atoms with Gasteiger partial charge < -0.3 is 0 Å². The van der Waals surface area contributed by atoms with Crippen LogP contribution in [0.3, 0.4) is 0 Å². The lowest BCUT2D eigenvalue weighted by molar-refractivity contribution is 0.741. The number of nitrogens with zero attached hydrogens (tertiary/aromatic N) is 1. The predicted octanol–water partition coefficient (Wildman–Crippen LogP) is 4.81. The van der Waals surface area contributed by atoms with E-state index in [0.29, 0.717) is 0 Å². The van der Waals surface area contributed by atoms with Gasteiger partial charge in [-0.3, -0.25) is 4.98 Å². The first-order valence-corrected chi connectivity index (χ1v) is 6.81. The van der Waals surface area contributed by atoms with Crippen LogP contribution in [0.5, 0.6) is 0 Å². The molecule has 18 heavy (non-hydrogen) atoms. The molecule has 1 heterocycles. The van der Waals surface area contributed by atoms with Crippen LogP contribution in [-0.4, -0.2) is 4.98 Å². The zero-order valence-corrected chi connectivity index (χ0v) is 11.2. The van der Waals surface area contributed by atoms with Gasteiger partial charge in [-0.15, -0.1) is 0 Å². The molecule has 0 N–H and O–H groups in total.